The van der Waals surface area contributed by atoms with Gasteiger partial charge in [-0.05, 0) is 67.1 Å². The minimum Gasteiger partial charge on any atom is -0.388 e. The topological polar surface area (TPSA) is 108 Å². The van der Waals surface area contributed by atoms with Crippen LogP contribution in [0.15, 0.2) is 48.7 Å². The number of piperidine rings is 1. The number of aromatic nitrogens is 2. The average Bonchev–Trinajstić information content (AvgIpc) is 3.27. The number of thiophene rings is 1. The SMILES string of the molecule is N#Cc1ccc(-c2cc(C(=O)N3CCC[C@@H](N)C3)sc2-c2ccc3nn(CC4(O)CC4)cc3c2)cc1F. The van der Waals surface area contributed by atoms with E-state index >= 15 is 0 Å². The van der Waals surface area contributed by atoms with Crippen LogP contribution in [0.4, 0.5) is 4.39 Å². The molecular formula is C28H26FN5O2S. The molecule has 6 rings (SSSR count). The van der Waals surface area contributed by atoms with Crippen molar-refractivity contribution in [2.24, 2.45) is 5.73 Å². The maximum absolute atomic E-state index is 14.6. The van der Waals surface area contributed by atoms with Gasteiger partial charge in [-0.15, -0.1) is 11.3 Å². The van der Waals surface area contributed by atoms with Gasteiger partial charge in [0.15, 0.2) is 0 Å². The lowest BCUT2D eigenvalue weighted by Gasteiger charge is -2.30. The highest BCUT2D eigenvalue weighted by atomic mass is 32.1. The maximum atomic E-state index is 14.6. The van der Waals surface area contributed by atoms with Crippen molar-refractivity contribution in [2.75, 3.05) is 13.1 Å². The van der Waals surface area contributed by atoms with Gasteiger partial charge in [-0.3, -0.25) is 9.48 Å². The second-order valence-corrected chi connectivity index (χ2v) is 11.2. The van der Waals surface area contributed by atoms with Gasteiger partial charge in [0, 0.05) is 41.2 Å². The molecule has 0 bridgehead atoms. The minimum atomic E-state index is -0.655. The first-order valence-electron chi connectivity index (χ1n) is 12.4. The number of fused-ring (bicyclic) bond motifs is 1. The number of hydrogen-bond donors (Lipinski definition) is 2. The molecule has 9 heteroatoms. The maximum Gasteiger partial charge on any atom is 0.264 e. The molecule has 0 radical (unpaired) electrons. The average molecular weight is 516 g/mol. The Hall–Kier alpha value is -3.58. The van der Waals surface area contributed by atoms with Crippen molar-refractivity contribution in [3.05, 3.63) is 64.9 Å². The Bertz CT molecular complexity index is 1560. The standard InChI is InChI=1S/C28H26FN5O2S/c29-23-11-17(3-4-19(23)13-30)22-12-25(27(35)33-9-1-2-21(31)15-33)37-26(22)18-5-6-24-20(10-18)14-34(32-24)16-28(36)7-8-28/h3-6,10-12,14,21,36H,1-2,7-9,15-16,31H2/t21-/m1/s1. The third-order valence-electron chi connectivity index (χ3n) is 7.19. The normalized spacial score (nSPS) is 18.6. The van der Waals surface area contributed by atoms with E-state index in [1.165, 1.54) is 23.5 Å². The number of nitrogens with two attached hydrogens (primary N) is 1. The summed E-state index contributed by atoms with van der Waals surface area (Å²) in [6.07, 6.45) is 5.26. The van der Waals surface area contributed by atoms with E-state index in [1.807, 2.05) is 36.5 Å². The van der Waals surface area contributed by atoms with Gasteiger partial charge in [-0.25, -0.2) is 4.39 Å². The predicted molar refractivity (Wildman–Crippen MR) is 140 cm³/mol. The fourth-order valence-corrected chi connectivity index (χ4v) is 6.10. The van der Waals surface area contributed by atoms with E-state index in [4.69, 9.17) is 11.0 Å². The minimum absolute atomic E-state index is 0.0229. The Morgan fingerprint density at radius 2 is 2.05 bits per heavy atom. The molecule has 7 nitrogen and oxygen atoms in total. The molecule has 2 aromatic carbocycles. The number of rotatable bonds is 5. The summed E-state index contributed by atoms with van der Waals surface area (Å²) in [4.78, 5) is 16.6. The lowest BCUT2D eigenvalue weighted by atomic mass is 10.00. The Morgan fingerprint density at radius 3 is 2.78 bits per heavy atom. The van der Waals surface area contributed by atoms with Crippen LogP contribution in [0, 0.1) is 17.1 Å². The van der Waals surface area contributed by atoms with E-state index in [-0.39, 0.29) is 17.5 Å². The number of halogens is 1. The van der Waals surface area contributed by atoms with Gasteiger partial charge >= 0.3 is 0 Å². The molecule has 2 aliphatic rings. The number of nitrogens with zero attached hydrogens (tertiary/aromatic N) is 4. The molecule has 3 N–H and O–H groups in total. The van der Waals surface area contributed by atoms with Gasteiger partial charge in [0.25, 0.3) is 5.91 Å². The first kappa shape index (κ1) is 23.8. The van der Waals surface area contributed by atoms with E-state index < -0.39 is 11.4 Å². The number of hydrogen-bond acceptors (Lipinski definition) is 6. The van der Waals surface area contributed by atoms with Crippen molar-refractivity contribution in [2.45, 2.75) is 43.9 Å². The third-order valence-corrected chi connectivity index (χ3v) is 8.36. The molecule has 2 aromatic heterocycles. The molecule has 1 aliphatic heterocycles. The van der Waals surface area contributed by atoms with Crippen LogP contribution >= 0.6 is 11.3 Å². The molecule has 1 saturated heterocycles. The summed E-state index contributed by atoms with van der Waals surface area (Å²) in [5, 5.41) is 25.0. The Balaban J connectivity index is 1.42. The predicted octanol–water partition coefficient (Wildman–Crippen LogP) is 4.53. The lowest BCUT2D eigenvalue weighted by molar-refractivity contribution is 0.0713. The molecule has 0 unspecified atom stereocenters. The van der Waals surface area contributed by atoms with E-state index in [9.17, 15) is 14.3 Å². The van der Waals surface area contributed by atoms with E-state index in [0.717, 1.165) is 52.6 Å². The van der Waals surface area contributed by atoms with Crippen LogP contribution in [0.25, 0.3) is 32.5 Å². The molecule has 2 fully saturated rings. The van der Waals surface area contributed by atoms with E-state index in [0.29, 0.717) is 30.1 Å². The summed E-state index contributed by atoms with van der Waals surface area (Å²) in [7, 11) is 0. The number of aliphatic hydroxyl groups is 1. The fourth-order valence-electron chi connectivity index (χ4n) is 4.95. The van der Waals surface area contributed by atoms with E-state index in [1.54, 1.807) is 15.6 Å². The van der Waals surface area contributed by atoms with Crippen LogP contribution in [-0.2, 0) is 6.54 Å². The molecule has 4 aromatic rings. The summed E-state index contributed by atoms with van der Waals surface area (Å²) in [5.41, 5.74) is 8.47. The quantitative estimate of drug-likeness (QED) is 0.406. The van der Waals surface area contributed by atoms with Crippen molar-refractivity contribution in [1.82, 2.24) is 14.7 Å². The number of amides is 1. The number of likely N-dealkylation sites (tertiary alicyclic amines) is 1. The number of carbonyl (C=O) groups is 1. The number of nitriles is 1. The van der Waals surface area contributed by atoms with Gasteiger partial charge < -0.3 is 15.7 Å². The third kappa shape index (κ3) is 4.64. The van der Waals surface area contributed by atoms with Crippen LogP contribution in [0.5, 0.6) is 0 Å². The zero-order valence-electron chi connectivity index (χ0n) is 20.2. The van der Waals surface area contributed by atoms with Crippen molar-refractivity contribution < 1.29 is 14.3 Å². The summed E-state index contributed by atoms with van der Waals surface area (Å²) in [5.74, 6) is -0.671. The molecule has 0 spiro atoms. The molecule has 37 heavy (non-hydrogen) atoms. The van der Waals surface area contributed by atoms with Crippen molar-refractivity contribution in [3.8, 4) is 27.6 Å². The van der Waals surface area contributed by atoms with Crippen LogP contribution in [-0.4, -0.2) is 50.4 Å². The summed E-state index contributed by atoms with van der Waals surface area (Å²) >= 11 is 1.37. The zero-order valence-corrected chi connectivity index (χ0v) is 21.0. The lowest BCUT2D eigenvalue weighted by Crippen LogP contribution is -2.45. The van der Waals surface area contributed by atoms with Crippen LogP contribution in [0.3, 0.4) is 0 Å². The highest BCUT2D eigenvalue weighted by Crippen LogP contribution is 2.42. The van der Waals surface area contributed by atoms with Crippen molar-refractivity contribution >= 4 is 28.1 Å². The fraction of sp³-hybridized carbons (Fsp3) is 0.321. The first-order valence-corrected chi connectivity index (χ1v) is 13.2. The van der Waals surface area contributed by atoms with Crippen molar-refractivity contribution in [3.63, 3.8) is 0 Å². The molecule has 1 saturated carbocycles. The highest BCUT2D eigenvalue weighted by molar-refractivity contribution is 7.18. The smallest absolute Gasteiger partial charge is 0.264 e. The molecular weight excluding hydrogens is 489 g/mol. The second kappa shape index (κ2) is 9.06. The largest absolute Gasteiger partial charge is 0.388 e. The molecule has 1 amide bonds. The molecule has 3 heterocycles. The summed E-state index contributed by atoms with van der Waals surface area (Å²) in [6, 6.07) is 14.1. The highest BCUT2D eigenvalue weighted by Gasteiger charge is 2.40. The Morgan fingerprint density at radius 1 is 1.24 bits per heavy atom. The zero-order chi connectivity index (χ0) is 25.7. The summed E-state index contributed by atoms with van der Waals surface area (Å²) in [6.45, 7) is 1.64. The monoisotopic (exact) mass is 515 g/mol. The van der Waals surface area contributed by atoms with Gasteiger partial charge in [0.1, 0.15) is 11.9 Å². The van der Waals surface area contributed by atoms with Gasteiger partial charge in [0.2, 0.25) is 0 Å². The molecule has 188 valence electrons. The second-order valence-electron chi connectivity index (χ2n) is 10.1. The Labute approximate surface area is 217 Å². The molecule has 1 aliphatic carbocycles. The number of carbonyl (C=O) groups excluding carboxylic acids is 1. The van der Waals surface area contributed by atoms with E-state index in [2.05, 4.69) is 5.10 Å². The van der Waals surface area contributed by atoms with Crippen LogP contribution in [0.1, 0.15) is 40.9 Å². The van der Waals surface area contributed by atoms with Gasteiger partial charge in [0.05, 0.1) is 28.1 Å². The summed E-state index contributed by atoms with van der Waals surface area (Å²) < 4.78 is 16.4. The van der Waals surface area contributed by atoms with Crippen LogP contribution < -0.4 is 5.73 Å². The van der Waals surface area contributed by atoms with Gasteiger partial charge in [-0.2, -0.15) is 10.4 Å². The first-order chi connectivity index (χ1) is 17.8. The van der Waals surface area contributed by atoms with Crippen LogP contribution in [0.2, 0.25) is 0 Å². The number of benzene rings is 2. The van der Waals surface area contributed by atoms with Crippen molar-refractivity contribution in [1.29, 1.82) is 5.26 Å². The molecule has 1 atom stereocenters. The Kier molecular flexibility index (Phi) is 5.83. The van der Waals surface area contributed by atoms with Gasteiger partial charge in [-0.1, -0.05) is 12.1 Å².